The molecule has 0 unspecified atom stereocenters. The van der Waals surface area contributed by atoms with Crippen LogP contribution in [-0.4, -0.2) is 16.7 Å². The lowest BCUT2D eigenvalue weighted by atomic mass is 10.4. The number of rotatable bonds is 4. The van der Waals surface area contributed by atoms with Gasteiger partial charge in [-0.3, -0.25) is 3.53 Å². The maximum Gasteiger partial charge on any atom is 0.415 e. The lowest BCUT2D eigenvalue weighted by molar-refractivity contribution is 0.153. The van der Waals surface area contributed by atoms with E-state index in [4.69, 9.17) is 4.74 Å². The van der Waals surface area contributed by atoms with Crippen molar-refractivity contribution in [2.24, 2.45) is 0 Å². The molecular weight excluding hydrogens is 257 g/mol. The molecule has 0 bridgehead atoms. The van der Waals surface area contributed by atoms with Crippen LogP contribution in [0.4, 0.5) is 4.79 Å². The molecule has 0 aromatic carbocycles. The zero-order valence-corrected chi connectivity index (χ0v) is 9.05. The normalized spacial score (nSPS) is 10.7. The first-order valence-electron chi connectivity index (χ1n) is 3.64. The Morgan fingerprint density at radius 3 is 3.00 bits per heavy atom. The Morgan fingerprint density at radius 1 is 1.73 bits per heavy atom. The van der Waals surface area contributed by atoms with E-state index < -0.39 is 0 Å². The molecule has 0 saturated heterocycles. The van der Waals surface area contributed by atoms with Gasteiger partial charge in [-0.15, -0.1) is 0 Å². The summed E-state index contributed by atoms with van der Waals surface area (Å²) in [6, 6.07) is 0. The number of hydrogen-bond donors (Lipinski definition) is 1. The van der Waals surface area contributed by atoms with Gasteiger partial charge in [-0.2, -0.15) is 0 Å². The van der Waals surface area contributed by atoms with Crippen molar-refractivity contribution in [3.8, 4) is 0 Å². The van der Waals surface area contributed by atoms with Crippen molar-refractivity contribution in [3.05, 3.63) is 0 Å². The molecule has 11 heavy (non-hydrogen) atoms. The third-order valence-electron chi connectivity index (χ3n) is 0.972. The molecule has 0 aliphatic heterocycles. The molecule has 4 heteroatoms. The molecular formula is C7H14INO2. The molecule has 0 aliphatic carbocycles. The number of carbonyl (C=O) groups excluding carboxylic acids is 1. The summed E-state index contributed by atoms with van der Waals surface area (Å²) >= 11 is -0.284. The second-order valence-electron chi connectivity index (χ2n) is 1.91. The molecule has 0 aromatic rings. The molecule has 66 valence electrons. The van der Waals surface area contributed by atoms with Crippen molar-refractivity contribution in [1.29, 1.82) is 0 Å². The summed E-state index contributed by atoms with van der Waals surface area (Å²) in [5.74, 6) is 0. The van der Waals surface area contributed by atoms with Crippen LogP contribution in [0.3, 0.4) is 0 Å². The largest absolute Gasteiger partial charge is 0.449 e. The van der Waals surface area contributed by atoms with Gasteiger partial charge < -0.3 is 4.74 Å². The lowest BCUT2D eigenvalue weighted by Gasteiger charge is -2.00. The van der Waals surface area contributed by atoms with E-state index in [1.54, 1.807) is 0 Å². The molecule has 0 atom stereocenters. The second kappa shape index (κ2) is 7.97. The number of halogens is 1. The van der Waals surface area contributed by atoms with Gasteiger partial charge >= 0.3 is 6.09 Å². The summed E-state index contributed by atoms with van der Waals surface area (Å²) in [4.78, 5) is 10.8. The quantitative estimate of drug-likeness (QED) is 0.483. The third kappa shape index (κ3) is 7.77. The molecule has 0 rings (SSSR count). The van der Waals surface area contributed by atoms with Gasteiger partial charge in [0.15, 0.2) is 0 Å². The van der Waals surface area contributed by atoms with Crippen molar-refractivity contribution >= 4 is 31.1 Å². The molecule has 0 spiro atoms. The number of nitrogens with one attached hydrogen (secondary N) is 1. The highest BCUT2D eigenvalue weighted by atomic mass is 127. The van der Waals surface area contributed by atoms with Gasteiger partial charge in [0.2, 0.25) is 0 Å². The summed E-state index contributed by atoms with van der Waals surface area (Å²) in [5.41, 5.74) is 0. The van der Waals surface area contributed by atoms with Gasteiger partial charge in [-0.1, -0.05) is 13.3 Å². The smallest absolute Gasteiger partial charge is 0.415 e. The number of ether oxygens (including phenoxy) is 1. The molecule has 0 saturated carbocycles. The van der Waals surface area contributed by atoms with E-state index in [9.17, 15) is 4.79 Å². The van der Waals surface area contributed by atoms with E-state index >= 15 is 0 Å². The molecule has 3 nitrogen and oxygen atoms in total. The van der Waals surface area contributed by atoms with Crippen LogP contribution in [0.2, 0.25) is 0 Å². The van der Waals surface area contributed by atoms with Gasteiger partial charge in [0.05, 0.1) is 6.61 Å². The summed E-state index contributed by atoms with van der Waals surface area (Å²) in [5, 5.41) is 0. The Labute approximate surface area is 77.6 Å². The topological polar surface area (TPSA) is 38.3 Å². The van der Waals surface area contributed by atoms with Crippen molar-refractivity contribution in [2.75, 3.05) is 6.61 Å². The number of hydrogen-bond acceptors (Lipinski definition) is 2. The first-order chi connectivity index (χ1) is 5.31. The SMILES string of the molecule is CC=INC(=O)OCCCC. The highest BCUT2D eigenvalue weighted by Crippen LogP contribution is 1.91. The molecule has 1 N–H and O–H groups in total. The average Bonchev–Trinajstić information content (AvgIpc) is 2.01. The van der Waals surface area contributed by atoms with Crippen LogP contribution in [0.25, 0.3) is 0 Å². The summed E-state index contributed by atoms with van der Waals surface area (Å²) in [7, 11) is 0. The predicted molar refractivity (Wildman–Crippen MR) is 55.1 cm³/mol. The fourth-order valence-electron chi connectivity index (χ4n) is 0.436. The Bertz CT molecular complexity index is 136. The maximum atomic E-state index is 10.8. The zero-order chi connectivity index (χ0) is 8.53. The van der Waals surface area contributed by atoms with E-state index in [0.29, 0.717) is 6.61 Å². The Balaban J connectivity index is 3.23. The maximum absolute atomic E-state index is 10.8. The van der Waals surface area contributed by atoms with Crippen LogP contribution >= 0.6 is 21.0 Å². The van der Waals surface area contributed by atoms with Crippen molar-refractivity contribution in [2.45, 2.75) is 26.7 Å². The Morgan fingerprint density at radius 2 is 2.45 bits per heavy atom. The van der Waals surface area contributed by atoms with E-state index in [1.165, 1.54) is 0 Å². The average molecular weight is 271 g/mol. The molecule has 0 heterocycles. The molecule has 1 amide bonds. The highest BCUT2D eigenvalue weighted by Gasteiger charge is 1.95. The first kappa shape index (κ1) is 10.9. The highest BCUT2D eigenvalue weighted by molar-refractivity contribution is 14.2. The van der Waals surface area contributed by atoms with Crippen LogP contribution in [-0.2, 0) is 4.74 Å². The number of unbranched alkanes of at least 4 members (excludes halogenated alkanes) is 1. The van der Waals surface area contributed by atoms with Crippen LogP contribution in [0.1, 0.15) is 26.7 Å². The van der Waals surface area contributed by atoms with Crippen LogP contribution in [0.5, 0.6) is 0 Å². The summed E-state index contributed by atoms with van der Waals surface area (Å²) in [6.45, 7) is 4.53. The molecule has 0 aromatic heterocycles. The van der Waals surface area contributed by atoms with E-state index in [2.05, 4.69) is 10.5 Å². The number of amides is 1. The van der Waals surface area contributed by atoms with E-state index in [0.717, 1.165) is 12.8 Å². The summed E-state index contributed by atoms with van der Waals surface area (Å²) < 4.78 is 9.50. The van der Waals surface area contributed by atoms with E-state index in [-0.39, 0.29) is 27.1 Å². The molecule has 0 aliphatic rings. The lowest BCUT2D eigenvalue weighted by Crippen LogP contribution is -2.15. The second-order valence-corrected chi connectivity index (χ2v) is 4.32. The standard InChI is InChI=1S/C7H14INO2/c1-3-5-6-11-7(10)9-8-4-2/h4H,3,5-6H2,1-2H3,(H,9,10). The monoisotopic (exact) mass is 271 g/mol. The van der Waals surface area contributed by atoms with E-state index in [1.807, 2.05) is 10.9 Å². The molecule has 0 radical (unpaired) electrons. The first-order valence-corrected chi connectivity index (χ1v) is 5.96. The number of carbonyl (C=O) groups is 1. The van der Waals surface area contributed by atoms with Gasteiger partial charge in [0, 0.05) is 0 Å². The molecule has 0 fully saturated rings. The van der Waals surface area contributed by atoms with Crippen LogP contribution < -0.4 is 3.53 Å². The fraction of sp³-hybridized carbons (Fsp3) is 0.714. The van der Waals surface area contributed by atoms with Crippen LogP contribution in [0, 0.1) is 0 Å². The summed E-state index contributed by atoms with van der Waals surface area (Å²) in [6.07, 6.45) is 1.73. The minimum atomic E-state index is -0.284. The predicted octanol–water partition coefficient (Wildman–Crippen LogP) is 2.22. The Kier molecular flexibility index (Phi) is 7.88. The van der Waals surface area contributed by atoms with Gasteiger partial charge in [0.25, 0.3) is 0 Å². The van der Waals surface area contributed by atoms with Gasteiger partial charge in [-0.05, 0) is 38.4 Å². The fourth-order valence-corrected chi connectivity index (χ4v) is 1.16. The van der Waals surface area contributed by atoms with Gasteiger partial charge in [0.1, 0.15) is 0 Å². The van der Waals surface area contributed by atoms with Crippen molar-refractivity contribution in [1.82, 2.24) is 3.53 Å². The third-order valence-corrected chi connectivity index (χ3v) is 2.35. The van der Waals surface area contributed by atoms with Crippen molar-refractivity contribution < 1.29 is 9.53 Å². The minimum absolute atomic E-state index is 0.274. The van der Waals surface area contributed by atoms with Crippen LogP contribution in [0.15, 0.2) is 0 Å². The van der Waals surface area contributed by atoms with Crippen molar-refractivity contribution in [3.63, 3.8) is 0 Å². The van der Waals surface area contributed by atoms with Gasteiger partial charge in [-0.25, -0.2) is 4.79 Å². The minimum Gasteiger partial charge on any atom is -0.449 e. The zero-order valence-electron chi connectivity index (χ0n) is 6.89. The Hall–Kier alpha value is -0.130.